The van der Waals surface area contributed by atoms with Crippen LogP contribution in [-0.4, -0.2) is 67.2 Å². The summed E-state index contributed by atoms with van der Waals surface area (Å²) in [6.07, 6.45) is -0.704. The highest BCUT2D eigenvalue weighted by atomic mass is 32.2. The number of sulfone groups is 1. The van der Waals surface area contributed by atoms with Crippen LogP contribution in [0.15, 0.2) is 48.5 Å². The van der Waals surface area contributed by atoms with Crippen LogP contribution in [0.3, 0.4) is 0 Å². The summed E-state index contributed by atoms with van der Waals surface area (Å²) in [5, 5.41) is 10.9. The molecule has 0 aliphatic rings. The topological polar surface area (TPSA) is 169 Å². The number of rotatable bonds is 12. The van der Waals surface area contributed by atoms with Gasteiger partial charge in [0, 0.05) is 11.1 Å². The second-order valence-electron chi connectivity index (χ2n) is 15.4. The lowest BCUT2D eigenvalue weighted by Gasteiger charge is -2.24. The molecule has 0 radical (unpaired) electrons. The number of anilines is 2. The van der Waals surface area contributed by atoms with E-state index in [4.69, 9.17) is 9.47 Å². The minimum absolute atomic E-state index is 0.0893. The van der Waals surface area contributed by atoms with E-state index in [9.17, 15) is 27.6 Å². The number of carbonyl (C=O) groups is 4. The number of carbonyl (C=O) groups excluding carboxylic acids is 4. The van der Waals surface area contributed by atoms with Crippen molar-refractivity contribution in [2.24, 2.45) is 11.8 Å². The van der Waals surface area contributed by atoms with Gasteiger partial charge in [0.25, 0.3) is 0 Å². The van der Waals surface area contributed by atoms with Gasteiger partial charge in [-0.2, -0.15) is 0 Å². The molecular weight excluding hydrogens is 697 g/mol. The molecule has 288 valence electrons. The summed E-state index contributed by atoms with van der Waals surface area (Å²) >= 11 is 0. The van der Waals surface area contributed by atoms with Gasteiger partial charge in [-0.3, -0.25) is 9.59 Å². The zero-order valence-corrected chi connectivity index (χ0v) is 33.2. The van der Waals surface area contributed by atoms with Crippen LogP contribution in [0.2, 0.25) is 0 Å². The minimum Gasteiger partial charge on any atom is -0.444 e. The second kappa shape index (κ2) is 19.7. The number of para-hydroxylation sites is 2. The molecule has 2 aromatic rings. The zero-order valence-electron chi connectivity index (χ0n) is 32.4. The molecule has 2 atom stereocenters. The Morgan fingerprint density at radius 1 is 0.623 bits per heavy atom. The Hall–Kier alpha value is -5.01. The third-order valence-electron chi connectivity index (χ3n) is 6.83. The highest BCUT2D eigenvalue weighted by Gasteiger charge is 2.27. The number of amides is 4. The molecule has 0 aliphatic carbocycles. The van der Waals surface area contributed by atoms with E-state index >= 15 is 0 Å². The van der Waals surface area contributed by atoms with Gasteiger partial charge >= 0.3 is 12.2 Å². The predicted molar refractivity (Wildman–Crippen MR) is 208 cm³/mol. The van der Waals surface area contributed by atoms with Crippen molar-refractivity contribution in [3.05, 3.63) is 59.7 Å². The zero-order chi connectivity index (χ0) is 40.0. The van der Waals surface area contributed by atoms with Gasteiger partial charge in [-0.15, -0.1) is 0 Å². The number of nitrogens with one attached hydrogen (secondary N) is 4. The maximum atomic E-state index is 13.2. The summed E-state index contributed by atoms with van der Waals surface area (Å²) in [5.41, 5.74) is 0.0305. The second-order valence-corrected chi connectivity index (χ2v) is 17.4. The van der Waals surface area contributed by atoms with Crippen LogP contribution in [0, 0.1) is 35.5 Å². The largest absolute Gasteiger partial charge is 0.444 e. The van der Waals surface area contributed by atoms with Crippen LogP contribution in [0.1, 0.15) is 93.2 Å². The standard InChI is InChI=1S/C40H54N4O8S/c1-27(2)25-33(43-37(47)51-39(5,6)7)35(45)41-31-21-13-11-17-29(31)19-15-23-53(49,50)24-16-20-30-18-12-14-22-32(30)42-36(46)34(26-28(3)4)44-38(48)52-40(8,9)10/h11-14,17-18,21-22,27-28,33-34H,23-26H2,1-10H3,(H,41,45)(H,42,46)(H,43,47)(H,44,48)/t33-,34-/m0/s1. The van der Waals surface area contributed by atoms with Crippen LogP contribution in [-0.2, 0) is 28.9 Å². The third kappa shape index (κ3) is 17.9. The molecule has 2 rings (SSSR count). The molecule has 0 bridgehead atoms. The Kier molecular flexibility index (Phi) is 16.4. The average molecular weight is 751 g/mol. The van der Waals surface area contributed by atoms with Gasteiger partial charge in [0.15, 0.2) is 9.84 Å². The first-order valence-corrected chi connectivity index (χ1v) is 19.3. The fourth-order valence-corrected chi connectivity index (χ4v) is 5.37. The Morgan fingerprint density at radius 2 is 0.962 bits per heavy atom. The van der Waals surface area contributed by atoms with Crippen LogP contribution in [0.25, 0.3) is 0 Å². The summed E-state index contributed by atoms with van der Waals surface area (Å²) in [7, 11) is -3.75. The summed E-state index contributed by atoms with van der Waals surface area (Å²) in [6, 6.07) is 11.6. The van der Waals surface area contributed by atoms with Crippen molar-refractivity contribution in [2.75, 3.05) is 22.1 Å². The first-order valence-electron chi connectivity index (χ1n) is 17.5. The van der Waals surface area contributed by atoms with Crippen molar-refractivity contribution in [2.45, 2.75) is 105 Å². The quantitative estimate of drug-likeness (QED) is 0.184. The van der Waals surface area contributed by atoms with E-state index in [1.807, 2.05) is 27.7 Å². The van der Waals surface area contributed by atoms with Gasteiger partial charge in [0.1, 0.15) is 34.8 Å². The SMILES string of the molecule is CC(C)C[C@H](NC(=O)OC(C)(C)C)C(=O)Nc1ccccc1C#CCS(=O)(=O)CC#Cc1ccccc1NC(=O)[C@H](CC(C)C)NC(=O)OC(C)(C)C. The molecule has 0 spiro atoms. The number of ether oxygens (including phenoxy) is 2. The Balaban J connectivity index is 2.15. The third-order valence-corrected chi connectivity index (χ3v) is 8.00. The molecule has 0 saturated heterocycles. The number of benzene rings is 2. The van der Waals surface area contributed by atoms with Gasteiger partial charge < -0.3 is 30.7 Å². The van der Waals surface area contributed by atoms with Crippen molar-refractivity contribution in [1.82, 2.24) is 10.6 Å². The summed E-state index contributed by atoms with van der Waals surface area (Å²) in [5.74, 6) is 9.25. The summed E-state index contributed by atoms with van der Waals surface area (Å²) in [4.78, 5) is 51.3. The summed E-state index contributed by atoms with van der Waals surface area (Å²) in [6.45, 7) is 18.1. The van der Waals surface area contributed by atoms with Crippen molar-refractivity contribution < 1.29 is 37.1 Å². The van der Waals surface area contributed by atoms with E-state index in [-0.39, 0.29) is 11.8 Å². The van der Waals surface area contributed by atoms with Gasteiger partial charge in [-0.25, -0.2) is 18.0 Å². The van der Waals surface area contributed by atoms with Gasteiger partial charge in [-0.05, 0) is 90.5 Å². The van der Waals surface area contributed by atoms with E-state index < -0.39 is 68.6 Å². The number of hydrogen-bond donors (Lipinski definition) is 4. The first kappa shape index (κ1) is 44.2. The molecule has 0 aliphatic heterocycles. The molecule has 0 fully saturated rings. The van der Waals surface area contributed by atoms with Crippen molar-refractivity contribution in [3.8, 4) is 23.7 Å². The molecule has 0 saturated carbocycles. The van der Waals surface area contributed by atoms with Gasteiger partial charge in [0.05, 0.1) is 11.4 Å². The highest BCUT2D eigenvalue weighted by molar-refractivity contribution is 7.91. The lowest BCUT2D eigenvalue weighted by atomic mass is 10.0. The van der Waals surface area contributed by atoms with Crippen LogP contribution >= 0.6 is 0 Å². The van der Waals surface area contributed by atoms with Crippen molar-refractivity contribution in [3.63, 3.8) is 0 Å². The number of hydrogen-bond acceptors (Lipinski definition) is 8. The monoisotopic (exact) mass is 750 g/mol. The van der Waals surface area contributed by atoms with Gasteiger partial charge in [-0.1, -0.05) is 75.6 Å². The smallest absolute Gasteiger partial charge is 0.408 e. The van der Waals surface area contributed by atoms with Crippen molar-refractivity contribution in [1.29, 1.82) is 0 Å². The van der Waals surface area contributed by atoms with Gasteiger partial charge in [0.2, 0.25) is 11.8 Å². The lowest BCUT2D eigenvalue weighted by Crippen LogP contribution is -2.46. The Morgan fingerprint density at radius 3 is 1.28 bits per heavy atom. The molecule has 0 unspecified atom stereocenters. The van der Waals surface area contributed by atoms with Crippen molar-refractivity contribution >= 4 is 45.2 Å². The molecule has 12 nitrogen and oxygen atoms in total. The van der Waals surface area contributed by atoms with E-state index in [0.717, 1.165) is 0 Å². The van der Waals surface area contributed by atoms with Crippen LogP contribution in [0.4, 0.5) is 21.0 Å². The van der Waals surface area contributed by atoms with Crippen LogP contribution < -0.4 is 21.3 Å². The summed E-state index contributed by atoms with van der Waals surface area (Å²) < 4.78 is 36.4. The molecule has 0 heterocycles. The molecule has 0 aromatic heterocycles. The lowest BCUT2D eigenvalue weighted by molar-refractivity contribution is -0.119. The van der Waals surface area contributed by atoms with E-state index in [1.54, 1.807) is 90.1 Å². The molecule has 53 heavy (non-hydrogen) atoms. The maximum absolute atomic E-state index is 13.2. The molecule has 4 N–H and O–H groups in total. The maximum Gasteiger partial charge on any atom is 0.408 e. The predicted octanol–water partition coefficient (Wildman–Crippen LogP) is 6.26. The van der Waals surface area contributed by atoms with Crippen LogP contribution in [0.5, 0.6) is 0 Å². The molecule has 2 aromatic carbocycles. The Labute approximate surface area is 314 Å². The fraction of sp³-hybridized carbons (Fsp3) is 0.500. The highest BCUT2D eigenvalue weighted by Crippen LogP contribution is 2.18. The first-order chi connectivity index (χ1) is 24.5. The van der Waals surface area contributed by atoms with E-state index in [1.165, 1.54) is 0 Å². The molecule has 13 heteroatoms. The normalized spacial score (nSPS) is 12.6. The Bertz CT molecular complexity index is 1710. The minimum atomic E-state index is -3.75. The van der Waals surface area contributed by atoms with E-state index in [0.29, 0.717) is 35.3 Å². The van der Waals surface area contributed by atoms with E-state index in [2.05, 4.69) is 44.9 Å². The molecule has 4 amide bonds. The fourth-order valence-electron chi connectivity index (χ4n) is 4.68. The average Bonchev–Trinajstić information content (AvgIpc) is 2.99. The number of alkyl carbamates (subject to hydrolysis) is 2. The molecular formula is C40H54N4O8S.